The molecule has 1 aromatic heterocycles. The molecule has 0 amide bonds. The lowest BCUT2D eigenvalue weighted by Crippen LogP contribution is -2.07. The van der Waals surface area contributed by atoms with E-state index in [2.05, 4.69) is 10.1 Å². The Morgan fingerprint density at radius 2 is 2.21 bits per heavy atom. The molecule has 0 saturated carbocycles. The first-order chi connectivity index (χ1) is 9.02. The summed E-state index contributed by atoms with van der Waals surface area (Å²) in [5.41, 5.74) is 1.79. The van der Waals surface area contributed by atoms with Crippen LogP contribution >= 0.6 is 11.6 Å². The van der Waals surface area contributed by atoms with Crippen LogP contribution in [-0.4, -0.2) is 27.3 Å². The highest BCUT2D eigenvalue weighted by molar-refractivity contribution is 6.33. The largest absolute Gasteiger partial charge is 0.460 e. The van der Waals surface area contributed by atoms with Crippen LogP contribution in [0.15, 0.2) is 18.2 Å². The summed E-state index contributed by atoms with van der Waals surface area (Å²) in [6.45, 7) is 3.98. The van der Waals surface area contributed by atoms with Gasteiger partial charge >= 0.3 is 5.97 Å². The summed E-state index contributed by atoms with van der Waals surface area (Å²) >= 11 is 6.19. The van der Waals surface area contributed by atoms with Crippen molar-refractivity contribution in [3.8, 4) is 11.4 Å². The number of hydrogen-bond donors (Lipinski definition) is 0. The first-order valence-corrected chi connectivity index (χ1v) is 6.25. The molecule has 0 atom stereocenters. The molecule has 0 aliphatic rings. The van der Waals surface area contributed by atoms with Crippen molar-refractivity contribution in [2.24, 2.45) is 7.05 Å². The minimum Gasteiger partial charge on any atom is -0.460 e. The number of aromatic nitrogens is 3. The third kappa shape index (κ3) is 2.76. The monoisotopic (exact) mass is 279 g/mol. The molecule has 2 rings (SSSR count). The third-order valence-electron chi connectivity index (χ3n) is 2.59. The quantitative estimate of drug-likeness (QED) is 0.811. The van der Waals surface area contributed by atoms with Gasteiger partial charge in [0.2, 0.25) is 0 Å². The molecule has 0 N–H and O–H groups in total. The van der Waals surface area contributed by atoms with Gasteiger partial charge in [-0.2, -0.15) is 0 Å². The van der Waals surface area contributed by atoms with Crippen LogP contribution in [0.25, 0.3) is 11.4 Å². The Hall–Kier alpha value is -1.88. The lowest BCUT2D eigenvalue weighted by Gasteiger charge is -2.03. The summed E-state index contributed by atoms with van der Waals surface area (Å²) in [4.78, 5) is 15.8. The van der Waals surface area contributed by atoms with Gasteiger partial charge in [0.25, 0.3) is 5.82 Å². The topological polar surface area (TPSA) is 57.0 Å². The zero-order valence-corrected chi connectivity index (χ0v) is 11.7. The molecular weight excluding hydrogens is 266 g/mol. The Morgan fingerprint density at radius 3 is 2.84 bits per heavy atom. The van der Waals surface area contributed by atoms with Crippen LogP contribution in [0.3, 0.4) is 0 Å². The molecule has 0 aliphatic heterocycles. The second-order valence-corrected chi connectivity index (χ2v) is 4.49. The summed E-state index contributed by atoms with van der Waals surface area (Å²) in [5.74, 6) is 0.0385. The number of carbonyl (C=O) groups excluding carboxylic acids is 1. The van der Waals surface area contributed by atoms with Crippen molar-refractivity contribution in [1.82, 2.24) is 14.8 Å². The molecule has 0 fully saturated rings. The molecule has 100 valence electrons. The van der Waals surface area contributed by atoms with Gasteiger partial charge in [0, 0.05) is 12.6 Å². The van der Waals surface area contributed by atoms with Gasteiger partial charge in [-0.1, -0.05) is 17.7 Å². The van der Waals surface area contributed by atoms with Crippen molar-refractivity contribution in [2.45, 2.75) is 13.8 Å². The fraction of sp³-hybridized carbons (Fsp3) is 0.308. The number of carbonyl (C=O) groups is 1. The SMILES string of the molecule is CCOC(=O)c1nc(-c2ccc(C)cc2Cl)n(C)n1. The molecule has 0 spiro atoms. The molecule has 6 heteroatoms. The molecule has 0 saturated heterocycles. The number of aryl methyl sites for hydroxylation is 2. The molecular formula is C13H14ClN3O2. The Bertz CT molecular complexity index is 622. The van der Waals surface area contributed by atoms with Gasteiger partial charge in [-0.25, -0.2) is 14.5 Å². The molecule has 19 heavy (non-hydrogen) atoms. The maximum absolute atomic E-state index is 11.6. The van der Waals surface area contributed by atoms with Gasteiger partial charge in [-0.3, -0.25) is 0 Å². The molecule has 0 radical (unpaired) electrons. The van der Waals surface area contributed by atoms with Gasteiger partial charge in [-0.05, 0) is 31.5 Å². The molecule has 0 bridgehead atoms. The van der Waals surface area contributed by atoms with Crippen LogP contribution in [0.2, 0.25) is 5.02 Å². The number of ether oxygens (including phenoxy) is 1. The number of benzene rings is 1. The van der Waals surface area contributed by atoms with E-state index in [0.717, 1.165) is 11.1 Å². The molecule has 1 heterocycles. The van der Waals surface area contributed by atoms with E-state index in [-0.39, 0.29) is 12.4 Å². The maximum Gasteiger partial charge on any atom is 0.378 e. The predicted octanol–water partition coefficient (Wildman–Crippen LogP) is 2.62. The molecule has 1 aromatic carbocycles. The van der Waals surface area contributed by atoms with E-state index in [1.165, 1.54) is 4.68 Å². The standard InChI is InChI=1S/C13H14ClN3O2/c1-4-19-13(18)11-15-12(17(3)16-11)9-6-5-8(2)7-10(9)14/h5-7H,4H2,1-3H3. The number of rotatable bonds is 3. The van der Waals surface area contributed by atoms with Gasteiger partial charge < -0.3 is 4.74 Å². The Balaban J connectivity index is 2.43. The zero-order valence-electron chi connectivity index (χ0n) is 11.0. The van der Waals surface area contributed by atoms with E-state index in [4.69, 9.17) is 16.3 Å². The first-order valence-electron chi connectivity index (χ1n) is 5.87. The van der Waals surface area contributed by atoms with E-state index < -0.39 is 5.97 Å². The normalized spacial score (nSPS) is 10.5. The van der Waals surface area contributed by atoms with Crippen molar-refractivity contribution < 1.29 is 9.53 Å². The highest BCUT2D eigenvalue weighted by Crippen LogP contribution is 2.27. The Morgan fingerprint density at radius 1 is 1.47 bits per heavy atom. The van der Waals surface area contributed by atoms with E-state index in [9.17, 15) is 4.79 Å². The predicted molar refractivity (Wildman–Crippen MR) is 72.1 cm³/mol. The number of esters is 1. The van der Waals surface area contributed by atoms with Crippen molar-refractivity contribution in [2.75, 3.05) is 6.61 Å². The summed E-state index contributed by atoms with van der Waals surface area (Å²) in [7, 11) is 1.71. The highest BCUT2D eigenvalue weighted by atomic mass is 35.5. The second-order valence-electron chi connectivity index (χ2n) is 4.09. The molecule has 0 aliphatic carbocycles. The van der Waals surface area contributed by atoms with Gasteiger partial charge in [0.15, 0.2) is 5.82 Å². The van der Waals surface area contributed by atoms with Crippen molar-refractivity contribution in [3.63, 3.8) is 0 Å². The lowest BCUT2D eigenvalue weighted by molar-refractivity contribution is 0.0512. The molecule has 0 unspecified atom stereocenters. The Labute approximate surface area is 116 Å². The van der Waals surface area contributed by atoms with E-state index in [1.54, 1.807) is 14.0 Å². The minimum atomic E-state index is -0.535. The smallest absolute Gasteiger partial charge is 0.378 e. The average Bonchev–Trinajstić information content (AvgIpc) is 2.72. The van der Waals surface area contributed by atoms with Crippen LogP contribution in [0, 0.1) is 6.92 Å². The minimum absolute atomic E-state index is 0.0380. The van der Waals surface area contributed by atoms with Crippen LogP contribution in [0.1, 0.15) is 23.1 Å². The van der Waals surface area contributed by atoms with Crippen LogP contribution < -0.4 is 0 Å². The first kappa shape index (κ1) is 13.5. The van der Waals surface area contributed by atoms with Crippen LogP contribution in [0.4, 0.5) is 0 Å². The lowest BCUT2D eigenvalue weighted by atomic mass is 10.1. The summed E-state index contributed by atoms with van der Waals surface area (Å²) in [6.07, 6.45) is 0. The summed E-state index contributed by atoms with van der Waals surface area (Å²) < 4.78 is 6.39. The van der Waals surface area contributed by atoms with Crippen LogP contribution in [-0.2, 0) is 11.8 Å². The summed E-state index contributed by atoms with van der Waals surface area (Å²) in [5, 5.41) is 4.62. The van der Waals surface area contributed by atoms with Gasteiger partial charge in [-0.15, -0.1) is 5.10 Å². The Kier molecular flexibility index (Phi) is 3.85. The zero-order chi connectivity index (χ0) is 14.0. The average molecular weight is 280 g/mol. The van der Waals surface area contributed by atoms with Crippen molar-refractivity contribution in [1.29, 1.82) is 0 Å². The number of nitrogens with zero attached hydrogens (tertiary/aromatic N) is 3. The van der Waals surface area contributed by atoms with Gasteiger partial charge in [0.05, 0.1) is 11.6 Å². The third-order valence-corrected chi connectivity index (χ3v) is 2.90. The van der Waals surface area contributed by atoms with E-state index in [1.807, 2.05) is 25.1 Å². The number of hydrogen-bond acceptors (Lipinski definition) is 4. The van der Waals surface area contributed by atoms with Crippen molar-refractivity contribution >= 4 is 17.6 Å². The fourth-order valence-corrected chi connectivity index (χ4v) is 2.02. The van der Waals surface area contributed by atoms with Crippen molar-refractivity contribution in [3.05, 3.63) is 34.6 Å². The fourth-order valence-electron chi connectivity index (χ4n) is 1.70. The van der Waals surface area contributed by atoms with Crippen LogP contribution in [0.5, 0.6) is 0 Å². The highest BCUT2D eigenvalue weighted by Gasteiger charge is 2.18. The summed E-state index contributed by atoms with van der Waals surface area (Å²) in [6, 6.07) is 5.63. The number of halogens is 1. The van der Waals surface area contributed by atoms with E-state index in [0.29, 0.717) is 10.8 Å². The maximum atomic E-state index is 11.6. The molecule has 5 nitrogen and oxygen atoms in total. The molecule has 2 aromatic rings. The second kappa shape index (κ2) is 5.40. The van der Waals surface area contributed by atoms with E-state index >= 15 is 0 Å². The van der Waals surface area contributed by atoms with Gasteiger partial charge in [0.1, 0.15) is 0 Å².